The molecule has 0 atom stereocenters. The molecular weight excluding hydrogens is 294 g/mol. The highest BCUT2D eigenvalue weighted by Crippen LogP contribution is 2.32. The molecule has 2 N–H and O–H groups in total. The molecule has 0 radical (unpaired) electrons. The molecule has 1 aliphatic carbocycles. The van der Waals surface area contributed by atoms with E-state index in [-0.39, 0.29) is 11.6 Å². The van der Waals surface area contributed by atoms with E-state index in [9.17, 15) is 9.59 Å². The largest absolute Gasteiger partial charge is 0.398 e. The van der Waals surface area contributed by atoms with Crippen LogP contribution in [0.5, 0.6) is 0 Å². The standard InChI is InChI=1S/C14H8BrNO2/c15-7-5-10-12(11(16)6-7)14(18)9-4-2-1-3-8(9)13(10)17/h1-6H,16H2. The van der Waals surface area contributed by atoms with E-state index in [0.717, 1.165) is 0 Å². The number of halogens is 1. The van der Waals surface area contributed by atoms with E-state index in [1.807, 2.05) is 0 Å². The maximum Gasteiger partial charge on any atom is 0.196 e. The highest BCUT2D eigenvalue weighted by molar-refractivity contribution is 9.10. The molecule has 4 heteroatoms. The number of ketones is 2. The van der Waals surface area contributed by atoms with E-state index in [1.165, 1.54) is 0 Å². The maximum absolute atomic E-state index is 12.3. The fraction of sp³-hybridized carbons (Fsp3) is 0. The number of nitrogens with two attached hydrogens (primary N) is 1. The lowest BCUT2D eigenvalue weighted by Gasteiger charge is -2.18. The summed E-state index contributed by atoms with van der Waals surface area (Å²) in [5, 5.41) is 0. The van der Waals surface area contributed by atoms with Gasteiger partial charge in [0.25, 0.3) is 0 Å². The Balaban J connectivity index is 2.37. The average Bonchev–Trinajstić information content (AvgIpc) is 2.35. The number of hydrogen-bond donors (Lipinski definition) is 1. The molecule has 1 aliphatic rings. The van der Waals surface area contributed by atoms with Crippen LogP contribution >= 0.6 is 15.9 Å². The van der Waals surface area contributed by atoms with Gasteiger partial charge in [-0.1, -0.05) is 40.2 Å². The lowest BCUT2D eigenvalue weighted by Crippen LogP contribution is -2.22. The average molecular weight is 302 g/mol. The van der Waals surface area contributed by atoms with Gasteiger partial charge in [-0.2, -0.15) is 0 Å². The zero-order chi connectivity index (χ0) is 12.9. The molecular formula is C14H8BrNO2. The molecule has 3 nitrogen and oxygen atoms in total. The van der Waals surface area contributed by atoms with Crippen molar-refractivity contribution in [2.45, 2.75) is 0 Å². The summed E-state index contributed by atoms with van der Waals surface area (Å²) in [5.41, 5.74) is 7.71. The molecule has 0 aliphatic heterocycles. The Morgan fingerprint density at radius 1 is 0.889 bits per heavy atom. The molecule has 2 aromatic rings. The minimum Gasteiger partial charge on any atom is -0.398 e. The first-order chi connectivity index (χ1) is 8.59. The van der Waals surface area contributed by atoms with Crippen molar-refractivity contribution < 1.29 is 9.59 Å². The van der Waals surface area contributed by atoms with E-state index in [0.29, 0.717) is 32.4 Å². The third-order valence-corrected chi connectivity index (χ3v) is 3.48. The first-order valence-corrected chi connectivity index (χ1v) is 6.16. The topological polar surface area (TPSA) is 60.2 Å². The van der Waals surface area contributed by atoms with Gasteiger partial charge in [0, 0.05) is 26.9 Å². The molecule has 0 fully saturated rings. The van der Waals surface area contributed by atoms with Gasteiger partial charge in [0.15, 0.2) is 11.6 Å². The van der Waals surface area contributed by atoms with E-state index in [2.05, 4.69) is 15.9 Å². The van der Waals surface area contributed by atoms with Crippen molar-refractivity contribution in [2.24, 2.45) is 0 Å². The summed E-state index contributed by atoms with van der Waals surface area (Å²) in [7, 11) is 0. The second-order valence-corrected chi connectivity index (χ2v) is 5.04. The van der Waals surface area contributed by atoms with E-state index in [1.54, 1.807) is 36.4 Å². The molecule has 0 aromatic heterocycles. The molecule has 0 heterocycles. The maximum atomic E-state index is 12.3. The summed E-state index contributed by atoms with van der Waals surface area (Å²) >= 11 is 3.29. The van der Waals surface area contributed by atoms with Crippen LogP contribution in [0.4, 0.5) is 5.69 Å². The molecule has 0 saturated heterocycles. The Morgan fingerprint density at radius 2 is 1.50 bits per heavy atom. The molecule has 0 bridgehead atoms. The molecule has 0 amide bonds. The number of hydrogen-bond acceptors (Lipinski definition) is 3. The van der Waals surface area contributed by atoms with E-state index >= 15 is 0 Å². The Hall–Kier alpha value is -1.94. The Bertz CT molecular complexity index is 707. The lowest BCUT2D eigenvalue weighted by molar-refractivity contribution is 0.0979. The molecule has 3 rings (SSSR count). The van der Waals surface area contributed by atoms with Crippen LogP contribution in [-0.4, -0.2) is 11.6 Å². The van der Waals surface area contributed by atoms with Crippen LogP contribution in [0.2, 0.25) is 0 Å². The summed E-state index contributed by atoms with van der Waals surface area (Å²) in [6, 6.07) is 10.1. The highest BCUT2D eigenvalue weighted by atomic mass is 79.9. The van der Waals surface area contributed by atoms with Gasteiger partial charge in [0.05, 0.1) is 5.56 Å². The van der Waals surface area contributed by atoms with Crippen molar-refractivity contribution >= 4 is 33.2 Å². The van der Waals surface area contributed by atoms with Crippen molar-refractivity contribution in [3.05, 3.63) is 63.1 Å². The van der Waals surface area contributed by atoms with Crippen LogP contribution in [0.25, 0.3) is 0 Å². The Labute approximate surface area is 112 Å². The predicted molar refractivity (Wildman–Crippen MR) is 71.9 cm³/mol. The van der Waals surface area contributed by atoms with Gasteiger partial charge in [0.2, 0.25) is 0 Å². The van der Waals surface area contributed by atoms with Gasteiger partial charge in [-0.05, 0) is 12.1 Å². The summed E-state index contributed by atoms with van der Waals surface area (Å²) in [6.45, 7) is 0. The summed E-state index contributed by atoms with van der Waals surface area (Å²) in [5.74, 6) is -0.349. The number of benzene rings is 2. The molecule has 18 heavy (non-hydrogen) atoms. The molecule has 88 valence electrons. The zero-order valence-corrected chi connectivity index (χ0v) is 10.8. The van der Waals surface area contributed by atoms with Crippen molar-refractivity contribution in [1.29, 1.82) is 0 Å². The normalized spacial score (nSPS) is 13.2. The monoisotopic (exact) mass is 301 g/mol. The Morgan fingerprint density at radius 3 is 2.17 bits per heavy atom. The quantitative estimate of drug-likeness (QED) is 0.650. The number of fused-ring (bicyclic) bond motifs is 2. The van der Waals surface area contributed by atoms with Gasteiger partial charge in [-0.15, -0.1) is 0 Å². The fourth-order valence-electron chi connectivity index (χ4n) is 2.22. The summed E-state index contributed by atoms with van der Waals surface area (Å²) in [4.78, 5) is 24.7. The van der Waals surface area contributed by atoms with Crippen LogP contribution in [0.1, 0.15) is 31.8 Å². The highest BCUT2D eigenvalue weighted by Gasteiger charge is 2.31. The number of carbonyl (C=O) groups is 2. The second kappa shape index (κ2) is 3.78. The van der Waals surface area contributed by atoms with Crippen molar-refractivity contribution in [3.63, 3.8) is 0 Å². The number of rotatable bonds is 0. The van der Waals surface area contributed by atoms with Crippen molar-refractivity contribution in [1.82, 2.24) is 0 Å². The van der Waals surface area contributed by atoms with Crippen LogP contribution in [0.15, 0.2) is 40.9 Å². The zero-order valence-electron chi connectivity index (χ0n) is 9.24. The first-order valence-electron chi connectivity index (χ1n) is 5.37. The van der Waals surface area contributed by atoms with E-state index < -0.39 is 0 Å². The smallest absolute Gasteiger partial charge is 0.196 e. The molecule has 2 aromatic carbocycles. The van der Waals surface area contributed by atoms with Crippen molar-refractivity contribution in [2.75, 3.05) is 5.73 Å². The summed E-state index contributed by atoms with van der Waals surface area (Å²) in [6.07, 6.45) is 0. The van der Waals surface area contributed by atoms with Crippen LogP contribution in [0, 0.1) is 0 Å². The molecule has 0 spiro atoms. The van der Waals surface area contributed by atoms with Gasteiger partial charge in [0.1, 0.15) is 0 Å². The number of nitrogen functional groups attached to an aromatic ring is 1. The minimum absolute atomic E-state index is 0.159. The molecule has 0 saturated carbocycles. The van der Waals surface area contributed by atoms with Crippen molar-refractivity contribution in [3.8, 4) is 0 Å². The minimum atomic E-state index is -0.190. The molecule has 0 unspecified atom stereocenters. The second-order valence-electron chi connectivity index (χ2n) is 4.12. The number of anilines is 1. The third-order valence-electron chi connectivity index (χ3n) is 3.02. The van der Waals surface area contributed by atoms with Crippen LogP contribution < -0.4 is 5.73 Å². The van der Waals surface area contributed by atoms with Crippen LogP contribution in [-0.2, 0) is 0 Å². The Kier molecular flexibility index (Phi) is 2.35. The van der Waals surface area contributed by atoms with Gasteiger partial charge < -0.3 is 5.73 Å². The van der Waals surface area contributed by atoms with Gasteiger partial charge in [-0.3, -0.25) is 9.59 Å². The predicted octanol–water partition coefficient (Wildman–Crippen LogP) is 2.81. The van der Waals surface area contributed by atoms with Gasteiger partial charge in [-0.25, -0.2) is 0 Å². The van der Waals surface area contributed by atoms with E-state index in [4.69, 9.17) is 5.73 Å². The SMILES string of the molecule is Nc1cc(Br)cc2c1C(=O)c1ccccc1C2=O. The third kappa shape index (κ3) is 1.42. The summed E-state index contributed by atoms with van der Waals surface area (Å²) < 4.78 is 0.694. The number of carbonyl (C=O) groups excluding carboxylic acids is 2. The van der Waals surface area contributed by atoms with Crippen LogP contribution in [0.3, 0.4) is 0 Å². The lowest BCUT2D eigenvalue weighted by atomic mass is 9.83. The first kappa shape index (κ1) is 11.2. The van der Waals surface area contributed by atoms with Gasteiger partial charge >= 0.3 is 0 Å². The fourth-order valence-corrected chi connectivity index (χ4v) is 2.69.